The third kappa shape index (κ3) is 9.57. The first kappa shape index (κ1) is 32.6. The van der Waals surface area contributed by atoms with E-state index in [0.29, 0.717) is 23.6 Å². The molecule has 0 spiro atoms. The Balaban J connectivity index is 1.63. The number of benzene rings is 2. The molecule has 1 aliphatic rings. The van der Waals surface area contributed by atoms with Gasteiger partial charge in [-0.1, -0.05) is 77.2 Å². The Morgan fingerprint density at radius 2 is 1.49 bits per heavy atom. The van der Waals surface area contributed by atoms with E-state index in [1.54, 1.807) is 26.4 Å². The molecule has 0 N–H and O–H groups in total. The maximum Gasteiger partial charge on any atom is 0.166 e. The van der Waals surface area contributed by atoms with E-state index in [0.717, 1.165) is 50.8 Å². The fourth-order valence-corrected chi connectivity index (χ4v) is 6.10. The molecule has 0 radical (unpaired) electrons. The first-order chi connectivity index (χ1) is 20.0. The van der Waals surface area contributed by atoms with Crippen LogP contribution in [0, 0.1) is 23.1 Å². The smallest absolute Gasteiger partial charge is 0.166 e. The average Bonchev–Trinajstić information content (AvgIpc) is 3.01. The summed E-state index contributed by atoms with van der Waals surface area (Å²) in [6, 6.07) is 14.4. The van der Waals surface area contributed by atoms with Crippen LogP contribution in [-0.2, 0) is 5.41 Å². The molecule has 41 heavy (non-hydrogen) atoms. The Hall–Kier alpha value is -2.91. The third-order valence-corrected chi connectivity index (χ3v) is 8.69. The first-order valence-corrected chi connectivity index (χ1v) is 15.6. The zero-order valence-electron chi connectivity index (χ0n) is 25.4. The maximum atomic E-state index is 13.3. The molecule has 1 aliphatic heterocycles. The van der Waals surface area contributed by atoms with Gasteiger partial charge in [-0.25, -0.2) is 4.39 Å². The standard InChI is InChI=1S/C35H49FN2O3/c1-4-5-6-7-8-9-10-11-12-13-22-35(26-37,30-16-19-32(40-2)33(25-30)41-3)27-38-23-20-29(21-24-38)34(39)28-14-17-31(36)18-15-28/h14-19,25,29H,4-13,20-24,27H2,1-3H3. The Labute approximate surface area is 247 Å². The first-order valence-electron chi connectivity index (χ1n) is 15.6. The molecule has 1 fully saturated rings. The van der Waals surface area contributed by atoms with Gasteiger partial charge in [-0.05, 0) is 74.3 Å². The Morgan fingerprint density at radius 1 is 0.902 bits per heavy atom. The van der Waals surface area contributed by atoms with E-state index in [9.17, 15) is 14.4 Å². The van der Waals surface area contributed by atoms with Crippen LogP contribution in [0.3, 0.4) is 0 Å². The number of hydrogen-bond donors (Lipinski definition) is 0. The number of rotatable bonds is 18. The van der Waals surface area contributed by atoms with E-state index in [-0.39, 0.29) is 17.5 Å². The molecule has 3 rings (SSSR count). The van der Waals surface area contributed by atoms with Crippen molar-refractivity contribution in [3.8, 4) is 17.6 Å². The number of halogens is 1. The monoisotopic (exact) mass is 564 g/mol. The van der Waals surface area contributed by atoms with Crippen molar-refractivity contribution in [3.05, 3.63) is 59.4 Å². The Kier molecular flexibility index (Phi) is 13.6. The van der Waals surface area contributed by atoms with E-state index in [4.69, 9.17) is 9.47 Å². The lowest BCUT2D eigenvalue weighted by atomic mass is 9.76. The van der Waals surface area contributed by atoms with Crippen molar-refractivity contribution < 1.29 is 18.7 Å². The van der Waals surface area contributed by atoms with Crippen LogP contribution in [0.25, 0.3) is 0 Å². The van der Waals surface area contributed by atoms with E-state index < -0.39 is 5.41 Å². The van der Waals surface area contributed by atoms with Crippen molar-refractivity contribution in [2.45, 2.75) is 95.8 Å². The third-order valence-electron chi connectivity index (χ3n) is 8.69. The lowest BCUT2D eigenvalue weighted by Gasteiger charge is -2.38. The molecular weight excluding hydrogens is 515 g/mol. The highest BCUT2D eigenvalue weighted by molar-refractivity contribution is 5.97. The molecule has 1 unspecified atom stereocenters. The normalized spacial score (nSPS) is 15.7. The van der Waals surface area contributed by atoms with E-state index >= 15 is 0 Å². The summed E-state index contributed by atoms with van der Waals surface area (Å²) in [7, 11) is 3.25. The van der Waals surface area contributed by atoms with Crippen molar-refractivity contribution in [1.82, 2.24) is 4.90 Å². The number of ether oxygens (including phenoxy) is 2. The lowest BCUT2D eigenvalue weighted by Crippen LogP contribution is -2.45. The van der Waals surface area contributed by atoms with Crippen LogP contribution in [0.2, 0.25) is 0 Å². The number of nitrogens with zero attached hydrogens (tertiary/aromatic N) is 2. The molecule has 0 saturated carbocycles. The Bertz CT molecular complexity index is 1110. The predicted octanol–water partition coefficient (Wildman–Crippen LogP) is 8.51. The van der Waals surface area contributed by atoms with Crippen molar-refractivity contribution in [1.29, 1.82) is 5.26 Å². The molecule has 0 aromatic heterocycles. The van der Waals surface area contributed by atoms with Gasteiger partial charge in [0.15, 0.2) is 17.3 Å². The van der Waals surface area contributed by atoms with E-state index in [1.165, 1.54) is 63.5 Å². The van der Waals surface area contributed by atoms with Crippen LogP contribution in [0.15, 0.2) is 42.5 Å². The molecule has 0 bridgehead atoms. The van der Waals surface area contributed by atoms with Crippen LogP contribution in [0.5, 0.6) is 11.5 Å². The summed E-state index contributed by atoms with van der Waals surface area (Å²) in [4.78, 5) is 15.3. The molecule has 224 valence electrons. The topological polar surface area (TPSA) is 62.6 Å². The summed E-state index contributed by atoms with van der Waals surface area (Å²) in [5, 5.41) is 10.7. The van der Waals surface area contributed by atoms with Gasteiger partial charge in [0.05, 0.1) is 25.7 Å². The molecule has 2 aromatic rings. The molecular formula is C35H49FN2O3. The van der Waals surface area contributed by atoms with Gasteiger partial charge in [0.2, 0.25) is 0 Å². The number of unbranched alkanes of at least 4 members (excludes halogenated alkanes) is 9. The average molecular weight is 565 g/mol. The number of methoxy groups -OCH3 is 2. The fourth-order valence-electron chi connectivity index (χ4n) is 6.10. The van der Waals surface area contributed by atoms with E-state index in [2.05, 4.69) is 17.9 Å². The number of likely N-dealkylation sites (tertiary alicyclic amines) is 1. The molecule has 0 aliphatic carbocycles. The van der Waals surface area contributed by atoms with Gasteiger partial charge in [-0.3, -0.25) is 4.79 Å². The zero-order chi connectivity index (χ0) is 29.5. The highest BCUT2D eigenvalue weighted by Gasteiger charge is 2.37. The van der Waals surface area contributed by atoms with E-state index in [1.807, 2.05) is 18.2 Å². The summed E-state index contributed by atoms with van der Waals surface area (Å²) >= 11 is 0. The molecule has 0 amide bonds. The minimum atomic E-state index is -0.673. The molecule has 5 nitrogen and oxygen atoms in total. The summed E-state index contributed by atoms with van der Waals surface area (Å²) in [5.41, 5.74) is 0.855. The SMILES string of the molecule is CCCCCCCCCCCCC(C#N)(CN1CCC(C(=O)c2ccc(F)cc2)CC1)c1ccc(OC)c(OC)c1. The van der Waals surface area contributed by atoms with Crippen LogP contribution in [0.4, 0.5) is 4.39 Å². The van der Waals surface area contributed by atoms with Crippen molar-refractivity contribution >= 4 is 5.78 Å². The summed E-state index contributed by atoms with van der Waals surface area (Å²) < 4.78 is 24.4. The molecule has 6 heteroatoms. The maximum absolute atomic E-state index is 13.3. The van der Waals surface area contributed by atoms with Crippen LogP contribution in [-0.4, -0.2) is 44.5 Å². The number of carbonyl (C=O) groups is 1. The van der Waals surface area contributed by atoms with Gasteiger partial charge in [0, 0.05) is 18.0 Å². The predicted molar refractivity (Wildman–Crippen MR) is 163 cm³/mol. The zero-order valence-corrected chi connectivity index (χ0v) is 25.4. The van der Waals surface area contributed by atoms with Crippen molar-refractivity contribution in [2.24, 2.45) is 5.92 Å². The van der Waals surface area contributed by atoms with Crippen LogP contribution < -0.4 is 9.47 Å². The molecule has 2 aromatic carbocycles. The van der Waals surface area contributed by atoms with Crippen molar-refractivity contribution in [3.63, 3.8) is 0 Å². The molecule has 1 atom stereocenters. The lowest BCUT2D eigenvalue weighted by molar-refractivity contribution is 0.0824. The van der Waals surface area contributed by atoms with Gasteiger partial charge >= 0.3 is 0 Å². The fraction of sp³-hybridized carbons (Fsp3) is 0.600. The number of ketones is 1. The highest BCUT2D eigenvalue weighted by atomic mass is 19.1. The van der Waals surface area contributed by atoms with Crippen molar-refractivity contribution in [2.75, 3.05) is 33.9 Å². The summed E-state index contributed by atoms with van der Waals surface area (Å²) in [5.74, 6) is 0.970. The number of hydrogen-bond acceptors (Lipinski definition) is 5. The second-order valence-electron chi connectivity index (χ2n) is 11.6. The number of Topliss-reactive ketones (excluding diaryl/α,β-unsaturated/α-hetero) is 1. The number of piperidine rings is 1. The summed E-state index contributed by atoms with van der Waals surface area (Å²) in [6.45, 7) is 4.38. The van der Waals surface area contributed by atoms with Gasteiger partial charge in [-0.15, -0.1) is 0 Å². The largest absolute Gasteiger partial charge is 0.493 e. The van der Waals surface area contributed by atoms with Gasteiger partial charge in [0.1, 0.15) is 5.82 Å². The van der Waals surface area contributed by atoms with Gasteiger partial charge in [0.25, 0.3) is 0 Å². The quantitative estimate of drug-likeness (QED) is 0.134. The second-order valence-corrected chi connectivity index (χ2v) is 11.6. The van der Waals surface area contributed by atoms with Crippen LogP contribution >= 0.6 is 0 Å². The number of nitriles is 1. The summed E-state index contributed by atoms with van der Waals surface area (Å²) in [6.07, 6.45) is 14.8. The van der Waals surface area contributed by atoms with Gasteiger partial charge < -0.3 is 14.4 Å². The minimum Gasteiger partial charge on any atom is -0.493 e. The highest BCUT2D eigenvalue weighted by Crippen LogP contribution is 2.38. The number of carbonyl (C=O) groups excluding carboxylic acids is 1. The minimum absolute atomic E-state index is 0.0729. The van der Waals surface area contributed by atoms with Crippen LogP contribution in [0.1, 0.15) is 106 Å². The molecule has 1 heterocycles. The van der Waals surface area contributed by atoms with Gasteiger partial charge in [-0.2, -0.15) is 5.26 Å². The second kappa shape index (κ2) is 17.1. The molecule has 1 saturated heterocycles. The Morgan fingerprint density at radius 3 is 2.05 bits per heavy atom.